The van der Waals surface area contributed by atoms with Crippen molar-refractivity contribution in [1.29, 1.82) is 0 Å². The quantitative estimate of drug-likeness (QED) is 0.620. The van der Waals surface area contributed by atoms with Gasteiger partial charge in [0.1, 0.15) is 5.60 Å². The standard InChI is InChI=1S/C13H22O2/c1-11(14)15-13-9-5-3-7-12(13,2)8-4-6-10-13/h3-10H2,1-2H3. The molecular weight excluding hydrogens is 188 g/mol. The molecule has 0 radical (unpaired) electrons. The van der Waals surface area contributed by atoms with Gasteiger partial charge in [-0.15, -0.1) is 0 Å². The number of fused-ring (bicyclic) bond motifs is 1. The molecule has 0 bridgehead atoms. The minimum Gasteiger partial charge on any atom is -0.459 e. The number of carbonyl (C=O) groups excluding carboxylic acids is 1. The Bertz CT molecular complexity index is 245. The molecule has 15 heavy (non-hydrogen) atoms. The zero-order valence-electron chi connectivity index (χ0n) is 9.97. The first-order valence-corrected chi connectivity index (χ1v) is 6.28. The number of rotatable bonds is 1. The summed E-state index contributed by atoms with van der Waals surface area (Å²) in [6.45, 7) is 3.88. The lowest BCUT2D eigenvalue weighted by atomic mass is 9.57. The van der Waals surface area contributed by atoms with E-state index in [0.717, 1.165) is 12.8 Å². The van der Waals surface area contributed by atoms with Crippen LogP contribution < -0.4 is 0 Å². The van der Waals surface area contributed by atoms with Crippen molar-refractivity contribution in [2.45, 2.75) is 70.8 Å². The molecule has 2 aliphatic rings. The Balaban J connectivity index is 2.24. The van der Waals surface area contributed by atoms with Gasteiger partial charge in [0.25, 0.3) is 0 Å². The fraction of sp³-hybridized carbons (Fsp3) is 0.923. The molecule has 2 aliphatic carbocycles. The van der Waals surface area contributed by atoms with Crippen LogP contribution in [0.3, 0.4) is 0 Å². The largest absolute Gasteiger partial charge is 0.459 e. The van der Waals surface area contributed by atoms with Crippen LogP contribution in [0, 0.1) is 5.41 Å². The first-order chi connectivity index (χ1) is 7.08. The zero-order chi connectivity index (χ0) is 10.9. The number of ether oxygens (including phenoxy) is 1. The highest BCUT2D eigenvalue weighted by Gasteiger charge is 2.53. The predicted molar refractivity (Wildman–Crippen MR) is 59.5 cm³/mol. The van der Waals surface area contributed by atoms with Gasteiger partial charge >= 0.3 is 5.97 Å². The maximum atomic E-state index is 11.3. The van der Waals surface area contributed by atoms with Crippen LogP contribution >= 0.6 is 0 Å². The maximum Gasteiger partial charge on any atom is 0.303 e. The molecule has 2 heteroatoms. The Hall–Kier alpha value is -0.530. The molecule has 2 saturated carbocycles. The van der Waals surface area contributed by atoms with Crippen molar-refractivity contribution in [2.75, 3.05) is 0 Å². The van der Waals surface area contributed by atoms with E-state index in [-0.39, 0.29) is 17.0 Å². The average Bonchev–Trinajstić information content (AvgIpc) is 2.17. The fourth-order valence-electron chi connectivity index (χ4n) is 3.66. The third kappa shape index (κ3) is 1.79. The summed E-state index contributed by atoms with van der Waals surface area (Å²) in [6, 6.07) is 0. The van der Waals surface area contributed by atoms with Crippen molar-refractivity contribution in [1.82, 2.24) is 0 Å². The molecule has 0 aliphatic heterocycles. The fourth-order valence-corrected chi connectivity index (χ4v) is 3.66. The number of hydrogen-bond donors (Lipinski definition) is 0. The van der Waals surface area contributed by atoms with Gasteiger partial charge < -0.3 is 4.74 Å². The van der Waals surface area contributed by atoms with Crippen molar-refractivity contribution in [2.24, 2.45) is 5.41 Å². The van der Waals surface area contributed by atoms with Crippen LogP contribution in [-0.4, -0.2) is 11.6 Å². The van der Waals surface area contributed by atoms with Gasteiger partial charge in [-0.3, -0.25) is 4.79 Å². The average molecular weight is 210 g/mol. The summed E-state index contributed by atoms with van der Waals surface area (Å²) in [5, 5.41) is 0. The summed E-state index contributed by atoms with van der Waals surface area (Å²) in [4.78, 5) is 11.3. The molecule has 2 fully saturated rings. The monoisotopic (exact) mass is 210 g/mol. The Morgan fingerprint density at radius 1 is 1.00 bits per heavy atom. The van der Waals surface area contributed by atoms with E-state index in [1.807, 2.05) is 0 Å². The van der Waals surface area contributed by atoms with Crippen LogP contribution in [0.25, 0.3) is 0 Å². The lowest BCUT2D eigenvalue weighted by Gasteiger charge is -2.54. The van der Waals surface area contributed by atoms with E-state index < -0.39 is 0 Å². The van der Waals surface area contributed by atoms with Gasteiger partial charge in [0.05, 0.1) is 0 Å². The SMILES string of the molecule is CC(=O)OC12CCCCC1(C)CCCC2. The van der Waals surface area contributed by atoms with E-state index in [0.29, 0.717) is 0 Å². The first kappa shape index (κ1) is 11.0. The topological polar surface area (TPSA) is 26.3 Å². The minimum absolute atomic E-state index is 0.0926. The zero-order valence-corrected chi connectivity index (χ0v) is 9.97. The molecule has 0 aromatic rings. The van der Waals surface area contributed by atoms with Gasteiger partial charge in [-0.1, -0.05) is 19.8 Å². The second kappa shape index (κ2) is 3.80. The van der Waals surface area contributed by atoms with Gasteiger partial charge in [-0.05, 0) is 38.5 Å². The molecule has 0 amide bonds. The Labute approximate surface area is 92.4 Å². The predicted octanol–water partition coefficient (Wildman–Crippen LogP) is 3.44. The summed E-state index contributed by atoms with van der Waals surface area (Å²) in [5.74, 6) is -0.0926. The van der Waals surface area contributed by atoms with E-state index in [2.05, 4.69) is 6.92 Å². The summed E-state index contributed by atoms with van der Waals surface area (Å²) >= 11 is 0. The molecule has 2 rings (SSSR count). The summed E-state index contributed by atoms with van der Waals surface area (Å²) in [7, 11) is 0. The highest BCUT2D eigenvalue weighted by Crippen LogP contribution is 2.54. The lowest BCUT2D eigenvalue weighted by molar-refractivity contribution is -0.191. The van der Waals surface area contributed by atoms with Crippen LogP contribution in [0.2, 0.25) is 0 Å². The van der Waals surface area contributed by atoms with E-state index in [1.165, 1.54) is 38.5 Å². The van der Waals surface area contributed by atoms with E-state index in [4.69, 9.17) is 4.74 Å². The third-order valence-corrected chi connectivity index (χ3v) is 4.56. The van der Waals surface area contributed by atoms with Gasteiger partial charge in [-0.2, -0.15) is 0 Å². The van der Waals surface area contributed by atoms with Crippen LogP contribution in [0.15, 0.2) is 0 Å². The molecule has 0 N–H and O–H groups in total. The highest BCUT2D eigenvalue weighted by molar-refractivity contribution is 5.66. The smallest absolute Gasteiger partial charge is 0.303 e. The summed E-state index contributed by atoms with van der Waals surface area (Å²) < 4.78 is 5.75. The Morgan fingerprint density at radius 2 is 1.47 bits per heavy atom. The van der Waals surface area contributed by atoms with E-state index in [1.54, 1.807) is 6.92 Å². The highest BCUT2D eigenvalue weighted by atomic mass is 16.6. The maximum absolute atomic E-state index is 11.3. The molecule has 0 aromatic carbocycles. The van der Waals surface area contributed by atoms with Crippen LogP contribution in [0.1, 0.15) is 65.2 Å². The molecule has 0 saturated heterocycles. The Morgan fingerprint density at radius 3 is 1.93 bits per heavy atom. The summed E-state index contributed by atoms with van der Waals surface area (Å²) in [6.07, 6.45) is 9.71. The van der Waals surface area contributed by atoms with Crippen molar-refractivity contribution in [3.63, 3.8) is 0 Å². The molecule has 86 valence electrons. The second-order valence-electron chi connectivity index (χ2n) is 5.56. The molecule has 2 nitrogen and oxygen atoms in total. The van der Waals surface area contributed by atoms with E-state index >= 15 is 0 Å². The first-order valence-electron chi connectivity index (χ1n) is 6.28. The number of hydrogen-bond acceptors (Lipinski definition) is 2. The van der Waals surface area contributed by atoms with Gasteiger partial charge in [0, 0.05) is 12.3 Å². The van der Waals surface area contributed by atoms with Crippen LogP contribution in [0.4, 0.5) is 0 Å². The Kier molecular flexibility index (Phi) is 2.78. The molecule has 0 atom stereocenters. The van der Waals surface area contributed by atoms with Crippen molar-refractivity contribution < 1.29 is 9.53 Å². The minimum atomic E-state index is -0.116. The molecule has 0 unspecified atom stereocenters. The van der Waals surface area contributed by atoms with Gasteiger partial charge in [0.2, 0.25) is 0 Å². The van der Waals surface area contributed by atoms with Gasteiger partial charge in [0.15, 0.2) is 0 Å². The molecule has 0 spiro atoms. The second-order valence-corrected chi connectivity index (χ2v) is 5.56. The summed E-state index contributed by atoms with van der Waals surface area (Å²) in [5.41, 5.74) is 0.143. The number of carbonyl (C=O) groups is 1. The van der Waals surface area contributed by atoms with Crippen molar-refractivity contribution >= 4 is 5.97 Å². The third-order valence-electron chi connectivity index (χ3n) is 4.56. The number of esters is 1. The van der Waals surface area contributed by atoms with Crippen molar-refractivity contribution in [3.05, 3.63) is 0 Å². The normalized spacial score (nSPS) is 40.7. The molecule has 0 heterocycles. The molecular formula is C13H22O2. The van der Waals surface area contributed by atoms with E-state index in [9.17, 15) is 4.79 Å². The van der Waals surface area contributed by atoms with Crippen LogP contribution in [-0.2, 0) is 9.53 Å². The van der Waals surface area contributed by atoms with Gasteiger partial charge in [-0.25, -0.2) is 0 Å². The lowest BCUT2D eigenvalue weighted by Crippen LogP contribution is -2.53. The van der Waals surface area contributed by atoms with Crippen molar-refractivity contribution in [3.8, 4) is 0 Å². The molecule has 0 aromatic heterocycles. The van der Waals surface area contributed by atoms with Crippen LogP contribution in [0.5, 0.6) is 0 Å².